The monoisotopic (exact) mass is 303 g/mol. The SMILES string of the molecule is N[C@@H]1CCC[C@H]1CC(=O)N1CCCN(c2cccnn2)CC1. The Hall–Kier alpha value is -1.69. The number of hydrogen-bond acceptors (Lipinski definition) is 5. The molecule has 0 spiro atoms. The maximum Gasteiger partial charge on any atom is 0.222 e. The Bertz CT molecular complexity index is 495. The van der Waals surface area contributed by atoms with E-state index in [2.05, 4.69) is 15.1 Å². The molecule has 0 radical (unpaired) electrons. The van der Waals surface area contributed by atoms with Gasteiger partial charge in [-0.15, -0.1) is 5.10 Å². The van der Waals surface area contributed by atoms with Crippen molar-refractivity contribution < 1.29 is 4.79 Å². The molecule has 120 valence electrons. The van der Waals surface area contributed by atoms with Crippen LogP contribution in [0.3, 0.4) is 0 Å². The van der Waals surface area contributed by atoms with Crippen molar-refractivity contribution in [2.75, 3.05) is 31.1 Å². The van der Waals surface area contributed by atoms with Crippen LogP contribution in [0.15, 0.2) is 18.3 Å². The maximum absolute atomic E-state index is 12.5. The first-order chi connectivity index (χ1) is 10.7. The van der Waals surface area contributed by atoms with Crippen LogP contribution >= 0.6 is 0 Å². The van der Waals surface area contributed by atoms with Crippen molar-refractivity contribution in [1.29, 1.82) is 0 Å². The maximum atomic E-state index is 12.5. The van der Waals surface area contributed by atoms with Gasteiger partial charge in [0, 0.05) is 44.8 Å². The van der Waals surface area contributed by atoms with Gasteiger partial charge in [-0.3, -0.25) is 4.79 Å². The molecule has 2 atom stereocenters. The Morgan fingerprint density at radius 3 is 2.86 bits per heavy atom. The van der Waals surface area contributed by atoms with Crippen LogP contribution in [0.4, 0.5) is 5.82 Å². The van der Waals surface area contributed by atoms with Crippen LogP contribution in [-0.2, 0) is 4.79 Å². The molecule has 0 bridgehead atoms. The highest BCUT2D eigenvalue weighted by Gasteiger charge is 2.28. The summed E-state index contributed by atoms with van der Waals surface area (Å²) in [6, 6.07) is 4.09. The van der Waals surface area contributed by atoms with Gasteiger partial charge in [0.25, 0.3) is 0 Å². The minimum absolute atomic E-state index is 0.215. The quantitative estimate of drug-likeness (QED) is 0.903. The molecule has 1 aliphatic carbocycles. The van der Waals surface area contributed by atoms with Crippen molar-refractivity contribution in [3.63, 3.8) is 0 Å². The second kappa shape index (κ2) is 7.05. The van der Waals surface area contributed by atoms with Gasteiger partial charge in [0.15, 0.2) is 5.82 Å². The Balaban J connectivity index is 1.54. The van der Waals surface area contributed by atoms with Crippen molar-refractivity contribution in [1.82, 2.24) is 15.1 Å². The highest BCUT2D eigenvalue weighted by molar-refractivity contribution is 5.76. The molecular formula is C16H25N5O. The third-order valence-corrected chi connectivity index (χ3v) is 4.89. The summed E-state index contributed by atoms with van der Waals surface area (Å²) in [5.74, 6) is 1.55. The molecule has 2 fully saturated rings. The van der Waals surface area contributed by atoms with Crippen molar-refractivity contribution in [3.8, 4) is 0 Å². The molecule has 6 heteroatoms. The molecule has 0 aromatic carbocycles. The molecule has 1 aromatic rings. The topological polar surface area (TPSA) is 75.4 Å². The van der Waals surface area contributed by atoms with E-state index in [1.807, 2.05) is 17.0 Å². The van der Waals surface area contributed by atoms with Crippen LogP contribution in [0.1, 0.15) is 32.1 Å². The van der Waals surface area contributed by atoms with E-state index in [-0.39, 0.29) is 11.9 Å². The van der Waals surface area contributed by atoms with Gasteiger partial charge in [0.05, 0.1) is 0 Å². The largest absolute Gasteiger partial charge is 0.353 e. The second-order valence-electron chi connectivity index (χ2n) is 6.36. The van der Waals surface area contributed by atoms with Crippen molar-refractivity contribution in [2.45, 2.75) is 38.1 Å². The van der Waals surface area contributed by atoms with E-state index in [0.717, 1.165) is 51.3 Å². The lowest BCUT2D eigenvalue weighted by Crippen LogP contribution is -2.38. The van der Waals surface area contributed by atoms with Gasteiger partial charge in [-0.1, -0.05) is 6.42 Å². The van der Waals surface area contributed by atoms with Gasteiger partial charge in [-0.05, 0) is 37.3 Å². The van der Waals surface area contributed by atoms with E-state index in [1.165, 1.54) is 6.42 Å². The lowest BCUT2D eigenvalue weighted by molar-refractivity contribution is -0.132. The number of nitrogens with two attached hydrogens (primary N) is 1. The standard InChI is InChI=1S/C16H25N5O/c17-14-5-1-4-13(14)12-16(22)21-9-3-8-20(10-11-21)15-6-2-7-18-19-15/h2,6-7,13-14H,1,3-5,8-12,17H2/t13-,14+/m0/s1. The molecule has 0 unspecified atom stereocenters. The zero-order chi connectivity index (χ0) is 15.4. The van der Waals surface area contributed by atoms with Crippen molar-refractivity contribution >= 4 is 11.7 Å². The number of rotatable bonds is 3. The van der Waals surface area contributed by atoms with Gasteiger partial charge in [0.2, 0.25) is 5.91 Å². The zero-order valence-corrected chi connectivity index (χ0v) is 13.0. The Labute approximate surface area is 131 Å². The van der Waals surface area contributed by atoms with Crippen LogP contribution < -0.4 is 10.6 Å². The Morgan fingerprint density at radius 2 is 2.14 bits per heavy atom. The van der Waals surface area contributed by atoms with E-state index in [9.17, 15) is 4.79 Å². The smallest absolute Gasteiger partial charge is 0.222 e. The van der Waals surface area contributed by atoms with Crippen LogP contribution in [0.5, 0.6) is 0 Å². The third kappa shape index (κ3) is 3.55. The van der Waals surface area contributed by atoms with Crippen molar-refractivity contribution in [3.05, 3.63) is 18.3 Å². The van der Waals surface area contributed by atoms with Gasteiger partial charge in [0.1, 0.15) is 0 Å². The molecular weight excluding hydrogens is 278 g/mol. The summed E-state index contributed by atoms with van der Waals surface area (Å²) >= 11 is 0. The molecule has 1 aliphatic heterocycles. The van der Waals surface area contributed by atoms with Crippen molar-refractivity contribution in [2.24, 2.45) is 11.7 Å². The van der Waals surface area contributed by atoms with Gasteiger partial charge in [-0.2, -0.15) is 5.10 Å². The van der Waals surface area contributed by atoms with Gasteiger partial charge >= 0.3 is 0 Å². The lowest BCUT2D eigenvalue weighted by Gasteiger charge is -2.24. The number of hydrogen-bond donors (Lipinski definition) is 1. The molecule has 2 aliphatic rings. The molecule has 6 nitrogen and oxygen atoms in total. The summed E-state index contributed by atoms with van der Waals surface area (Å²) in [6.45, 7) is 3.33. The van der Waals surface area contributed by atoms with E-state index in [0.29, 0.717) is 12.3 Å². The summed E-state index contributed by atoms with van der Waals surface area (Å²) < 4.78 is 0. The van der Waals surface area contributed by atoms with Gasteiger partial charge in [-0.25, -0.2) is 0 Å². The second-order valence-corrected chi connectivity index (χ2v) is 6.36. The first-order valence-electron chi connectivity index (χ1n) is 8.30. The molecule has 1 saturated heterocycles. The number of carbonyl (C=O) groups excluding carboxylic acids is 1. The van der Waals surface area contributed by atoms with E-state index in [1.54, 1.807) is 6.20 Å². The summed E-state index contributed by atoms with van der Waals surface area (Å²) in [6.07, 6.45) is 6.61. The number of nitrogens with zero attached hydrogens (tertiary/aromatic N) is 4. The fourth-order valence-electron chi connectivity index (χ4n) is 3.53. The summed E-state index contributed by atoms with van der Waals surface area (Å²) in [5.41, 5.74) is 6.09. The molecule has 2 N–H and O–H groups in total. The summed E-state index contributed by atoms with van der Waals surface area (Å²) in [5, 5.41) is 8.10. The van der Waals surface area contributed by atoms with Crippen LogP contribution in [0.25, 0.3) is 0 Å². The highest BCUT2D eigenvalue weighted by Crippen LogP contribution is 2.27. The third-order valence-electron chi connectivity index (χ3n) is 4.89. The molecule has 22 heavy (non-hydrogen) atoms. The van der Waals surface area contributed by atoms with Crippen LogP contribution in [0, 0.1) is 5.92 Å². The lowest BCUT2D eigenvalue weighted by atomic mass is 9.99. The minimum atomic E-state index is 0.215. The first kappa shape index (κ1) is 15.2. The Morgan fingerprint density at radius 1 is 1.23 bits per heavy atom. The fraction of sp³-hybridized carbons (Fsp3) is 0.688. The molecule has 2 heterocycles. The summed E-state index contributed by atoms with van der Waals surface area (Å²) in [4.78, 5) is 16.7. The first-order valence-corrected chi connectivity index (χ1v) is 8.30. The number of aromatic nitrogens is 2. The number of carbonyl (C=O) groups is 1. The average Bonchev–Trinajstić information content (AvgIpc) is 2.80. The molecule has 1 amide bonds. The van der Waals surface area contributed by atoms with Crippen LogP contribution in [-0.4, -0.2) is 53.2 Å². The predicted molar refractivity (Wildman–Crippen MR) is 85.4 cm³/mol. The zero-order valence-electron chi connectivity index (χ0n) is 13.0. The molecule has 1 saturated carbocycles. The van der Waals surface area contributed by atoms with E-state index < -0.39 is 0 Å². The predicted octanol–water partition coefficient (Wildman–Crippen LogP) is 1.03. The summed E-state index contributed by atoms with van der Waals surface area (Å²) in [7, 11) is 0. The van der Waals surface area contributed by atoms with E-state index in [4.69, 9.17) is 5.73 Å². The molecule has 3 rings (SSSR count). The Kier molecular flexibility index (Phi) is 4.87. The fourth-order valence-corrected chi connectivity index (χ4v) is 3.53. The minimum Gasteiger partial charge on any atom is -0.353 e. The number of anilines is 1. The van der Waals surface area contributed by atoms with Crippen LogP contribution in [0.2, 0.25) is 0 Å². The highest BCUT2D eigenvalue weighted by atomic mass is 16.2. The molecule has 1 aromatic heterocycles. The average molecular weight is 303 g/mol. The number of amides is 1. The van der Waals surface area contributed by atoms with Gasteiger partial charge < -0.3 is 15.5 Å². The normalized spacial score (nSPS) is 26.0. The van der Waals surface area contributed by atoms with E-state index >= 15 is 0 Å².